The van der Waals surface area contributed by atoms with Crippen molar-refractivity contribution >= 4 is 61.2 Å². The van der Waals surface area contributed by atoms with Crippen LogP contribution in [0.4, 0.5) is 58.5 Å². The number of nitrogens with zero attached hydrogens (tertiary/aromatic N) is 15. The van der Waals surface area contributed by atoms with Gasteiger partial charge in [-0.05, 0) is 178 Å². The van der Waals surface area contributed by atoms with Crippen LogP contribution < -0.4 is 22.2 Å². The normalized spacial score (nSPS) is 23.8. The second-order valence-electron chi connectivity index (χ2n) is 34.8. The summed E-state index contributed by atoms with van der Waals surface area (Å²) < 4.78 is 170. The van der Waals surface area contributed by atoms with E-state index in [4.69, 9.17) is 4.98 Å². The lowest BCUT2D eigenvalue weighted by Gasteiger charge is -2.31. The number of hydrogen-bond donors (Lipinski definition) is 4. The van der Waals surface area contributed by atoms with Gasteiger partial charge in [-0.2, -0.15) is 38.7 Å². The molecule has 4 N–H and O–H groups in total. The molecule has 1 unspecified atom stereocenters. The molecule has 1 aromatic carbocycles. The van der Waals surface area contributed by atoms with Crippen LogP contribution in [0, 0.1) is 23.5 Å². The number of aromatic amines is 4. The molecule has 35 heteroatoms. The molecule has 7 aliphatic rings. The highest BCUT2D eigenvalue weighted by Crippen LogP contribution is 2.46. The van der Waals surface area contributed by atoms with Gasteiger partial charge >= 0.3 is 6.18 Å². The van der Waals surface area contributed by atoms with E-state index < -0.39 is 52.6 Å². The fraction of sp³-hybridized carbons (Fsp3) is 0.624. The first-order valence-corrected chi connectivity index (χ1v) is 42.4. The van der Waals surface area contributed by atoms with Crippen LogP contribution >= 0.6 is 0 Å². The third-order valence-electron chi connectivity index (χ3n) is 24.9. The zero-order valence-electron chi connectivity index (χ0n) is 68.8. The average molecular weight is 1690 g/mol. The Morgan fingerprint density at radius 2 is 0.825 bits per heavy atom. The first-order valence-electron chi connectivity index (χ1n) is 42.4. The van der Waals surface area contributed by atoms with Crippen LogP contribution in [0.5, 0.6) is 0 Å². The molecule has 10 heterocycles. The second-order valence-corrected chi connectivity index (χ2v) is 34.8. The predicted molar refractivity (Wildman–Crippen MR) is 433 cm³/mol. The van der Waals surface area contributed by atoms with Crippen LogP contribution in [0.1, 0.15) is 299 Å². The summed E-state index contributed by atoms with van der Waals surface area (Å²) >= 11 is 0. The lowest BCUT2D eigenvalue weighted by Crippen LogP contribution is -2.28. The Hall–Kier alpha value is -9.60. The summed E-state index contributed by atoms with van der Waals surface area (Å²) in [5, 5.41) is 23.4. The number of alkyl halides is 10. The van der Waals surface area contributed by atoms with Gasteiger partial charge in [0.1, 0.15) is 73.5 Å². The first-order chi connectivity index (χ1) is 56.9. The number of rotatable bonds is 17. The first kappa shape index (κ1) is 88.2. The molecule has 0 radical (unpaired) electrons. The number of unbranched alkanes of at least 4 members (excludes halogenated alkanes) is 1. The highest BCUT2D eigenvalue weighted by Gasteiger charge is 2.43. The summed E-state index contributed by atoms with van der Waals surface area (Å²) in [4.78, 5) is 82.7. The monoisotopic (exact) mass is 1690 g/mol. The van der Waals surface area contributed by atoms with E-state index in [9.17, 15) is 71.9 Å². The number of allylic oxidation sites excluding steroid dienone is 1. The molecule has 6 aliphatic carbocycles. The van der Waals surface area contributed by atoms with Gasteiger partial charge in [-0.25, -0.2) is 87.9 Å². The molecular formula is C85H107F12N19O4. The summed E-state index contributed by atoms with van der Waals surface area (Å²) in [5.74, 6) is -4.54. The molecule has 9 aromatic heterocycles. The topological polar surface area (TPSA) is 284 Å². The van der Waals surface area contributed by atoms with Gasteiger partial charge in [-0.3, -0.25) is 19.2 Å². The molecule has 0 spiro atoms. The van der Waals surface area contributed by atoms with E-state index in [2.05, 4.69) is 78.9 Å². The molecule has 120 heavy (non-hydrogen) atoms. The Balaban J connectivity index is 0.000000130. The molecule has 6 saturated carbocycles. The molecule has 23 nitrogen and oxygen atoms in total. The van der Waals surface area contributed by atoms with Gasteiger partial charge in [0.25, 0.3) is 22.2 Å². The standard InChI is InChI=1S/C19H19F3N4O.C18H22F5N3.C18H25FN4O.C15H20F2N4O.C15H21FN4O/c1-19(22)4-2-14(3-5-19)26-17-15(10-23-26)18(27)25-16(24-17)8-11-6-12(20)9-13(21)7-11;1-3-12(18(21,22)23)9-13-8-11(2)15-10-24-26(16(15)25-13)14-4-6-17(19,20)7-5-14;1-18(19)8-6-13(7-9-18)23-16-14(11-20-23)17(24)22-15(21-16)10-12-4-2-3-5-12;1-2-3-4-12-19-13-11(14(22)20-12)9-18-21(13)10-5-7-15(16,17)8-6-10;1-3-4-12-18-13-11(14(21)19-12)9-17-20(13)10-5-7-15(2,16)8-6-10/h6-7,9-10,14H,2-5,8H2,1H3,(H,24,25,27);10,12,14H,2-9H2,1H3;11-13H,2-10H2,1H3,(H,21,22,24);9-10H,2-8H2,1H3,(H,19,20,22);9-10H,3-8H2,1-2H3,(H,18,19,21). The van der Waals surface area contributed by atoms with Crippen molar-refractivity contribution in [2.75, 3.05) is 0 Å². The quantitative estimate of drug-likeness (QED) is 0.0618. The van der Waals surface area contributed by atoms with Crippen molar-refractivity contribution in [3.05, 3.63) is 143 Å². The third kappa shape index (κ3) is 21.5. The SMILES string of the molecule is C=C1CC(CC(CC)C(F)(F)F)=Nc2c1cnn2C1CCC(F)(F)CC1.CC1(F)CCC(n2ncc3c(=O)[nH]c(CC4CCCC4)nc32)CC1.CC1(F)CCC(n2ncc3c(=O)[nH]c(Cc4cc(F)cc(F)c4)nc32)CC1.CCCCc1nc2c(cnn2C2CCC(F)(F)CC2)c(=O)[nH]1.CCCc1nc2c(cnn2C2CCC(C)(F)CC2)c(=O)[nH]1. The lowest BCUT2D eigenvalue weighted by atomic mass is 9.85. The number of benzene rings is 1. The maximum absolute atomic E-state index is 14.1. The average Bonchev–Trinajstić information content (AvgIpc) is 1.65. The Kier molecular flexibility index (Phi) is 26.9. The van der Waals surface area contributed by atoms with E-state index in [1.807, 2.05) is 16.3 Å². The smallest absolute Gasteiger partial charge is 0.310 e. The number of aliphatic imine (C=N–C) groups is 1. The number of hydrogen-bond acceptors (Lipinski definition) is 14. The zero-order chi connectivity index (χ0) is 85.8. The van der Waals surface area contributed by atoms with Gasteiger partial charge in [0.15, 0.2) is 28.4 Å². The minimum atomic E-state index is -4.27. The number of aromatic nitrogens is 18. The number of fused-ring (bicyclic) bond motifs is 5. The minimum absolute atomic E-state index is 0.0151. The second kappa shape index (κ2) is 36.6. The van der Waals surface area contributed by atoms with Crippen molar-refractivity contribution in [2.24, 2.45) is 16.8 Å². The number of halogens is 12. The number of H-pyrrole nitrogens is 4. The van der Waals surface area contributed by atoms with Crippen molar-refractivity contribution in [1.82, 2.24) is 88.8 Å². The van der Waals surface area contributed by atoms with Crippen LogP contribution in [-0.2, 0) is 25.7 Å². The molecule has 0 amide bonds. The van der Waals surface area contributed by atoms with Crippen molar-refractivity contribution in [1.29, 1.82) is 0 Å². The van der Waals surface area contributed by atoms with E-state index in [0.29, 0.717) is 166 Å². The van der Waals surface area contributed by atoms with Gasteiger partial charge in [-0.1, -0.05) is 59.5 Å². The molecule has 10 aromatic rings. The molecule has 1 atom stereocenters. The van der Waals surface area contributed by atoms with E-state index >= 15 is 0 Å². The maximum atomic E-state index is 14.1. The summed E-state index contributed by atoms with van der Waals surface area (Å²) in [6.07, 6.45) is 21.5. The van der Waals surface area contributed by atoms with Crippen LogP contribution in [0.15, 0.2) is 79.9 Å². The molecular weight excluding hydrogens is 1580 g/mol. The van der Waals surface area contributed by atoms with Crippen molar-refractivity contribution in [2.45, 2.75) is 325 Å². The largest absolute Gasteiger partial charge is 0.392 e. The van der Waals surface area contributed by atoms with E-state index in [1.54, 1.807) is 53.4 Å². The fourth-order valence-corrected chi connectivity index (χ4v) is 17.7. The molecule has 0 saturated heterocycles. The van der Waals surface area contributed by atoms with Gasteiger partial charge in [0.2, 0.25) is 11.8 Å². The Labute approximate surface area is 684 Å². The van der Waals surface area contributed by atoms with Gasteiger partial charge in [0.05, 0.1) is 67.1 Å². The van der Waals surface area contributed by atoms with Gasteiger partial charge < -0.3 is 19.9 Å². The van der Waals surface area contributed by atoms with E-state index in [0.717, 1.165) is 69.7 Å². The lowest BCUT2D eigenvalue weighted by molar-refractivity contribution is -0.173. The fourth-order valence-electron chi connectivity index (χ4n) is 17.7. The van der Waals surface area contributed by atoms with Crippen molar-refractivity contribution in [3.8, 4) is 0 Å². The predicted octanol–water partition coefficient (Wildman–Crippen LogP) is 19.8. The van der Waals surface area contributed by atoms with Crippen molar-refractivity contribution in [3.63, 3.8) is 0 Å². The zero-order valence-corrected chi connectivity index (χ0v) is 68.8. The highest BCUT2D eigenvalue weighted by molar-refractivity contribution is 6.00. The summed E-state index contributed by atoms with van der Waals surface area (Å²) in [6.45, 7) is 14.5. The maximum Gasteiger partial charge on any atom is 0.392 e. The summed E-state index contributed by atoms with van der Waals surface area (Å²) in [5.41, 5.74) is 0.283. The molecule has 1 aliphatic heterocycles. The summed E-state index contributed by atoms with van der Waals surface area (Å²) in [6, 6.07) is 3.13. The van der Waals surface area contributed by atoms with E-state index in [1.165, 1.54) is 57.1 Å². The van der Waals surface area contributed by atoms with E-state index in [-0.39, 0.29) is 117 Å². The highest BCUT2D eigenvalue weighted by atomic mass is 19.4. The van der Waals surface area contributed by atoms with Gasteiger partial charge in [0, 0.05) is 75.1 Å². The third-order valence-corrected chi connectivity index (χ3v) is 24.9. The molecule has 17 rings (SSSR count). The molecule has 0 bridgehead atoms. The summed E-state index contributed by atoms with van der Waals surface area (Å²) in [7, 11) is 0. The Morgan fingerprint density at radius 3 is 1.22 bits per heavy atom. The number of nitrogens with one attached hydrogen (secondary N) is 4. The molecule has 6 fully saturated rings. The minimum Gasteiger partial charge on any atom is -0.310 e. The van der Waals surface area contributed by atoms with Crippen LogP contribution in [0.3, 0.4) is 0 Å². The van der Waals surface area contributed by atoms with Crippen LogP contribution in [0.25, 0.3) is 49.7 Å². The number of aryl methyl sites for hydroxylation is 2. The van der Waals surface area contributed by atoms with Crippen LogP contribution in [0.2, 0.25) is 0 Å². The Morgan fingerprint density at radius 1 is 0.467 bits per heavy atom. The Bertz CT molecular complexity index is 5470. The van der Waals surface area contributed by atoms with Crippen LogP contribution in [-0.4, -0.2) is 130 Å². The van der Waals surface area contributed by atoms with Gasteiger partial charge in [-0.15, -0.1) is 0 Å². The molecule has 650 valence electrons. The van der Waals surface area contributed by atoms with Crippen molar-refractivity contribution < 1.29 is 52.7 Å².